The third kappa shape index (κ3) is 1.35. The summed E-state index contributed by atoms with van der Waals surface area (Å²) in [6.07, 6.45) is 4.38. The molecule has 3 rings (SSSR count). The number of rotatable bonds is 1. The van der Waals surface area contributed by atoms with Crippen molar-refractivity contribution < 1.29 is 9.52 Å². The van der Waals surface area contributed by atoms with Crippen LogP contribution in [0.5, 0.6) is 0 Å². The topological polar surface area (TPSA) is 33.4 Å². The van der Waals surface area contributed by atoms with Gasteiger partial charge in [-0.25, -0.2) is 0 Å². The number of thiophene rings is 1. The molecule has 1 aliphatic rings. The van der Waals surface area contributed by atoms with Gasteiger partial charge in [-0.05, 0) is 42.8 Å². The van der Waals surface area contributed by atoms with Crippen LogP contribution in [0.4, 0.5) is 0 Å². The summed E-state index contributed by atoms with van der Waals surface area (Å²) < 4.78 is 5.42. The van der Waals surface area contributed by atoms with Crippen LogP contribution in [0, 0.1) is 6.92 Å². The van der Waals surface area contributed by atoms with Gasteiger partial charge in [-0.1, -0.05) is 0 Å². The minimum atomic E-state index is -0.828. The highest BCUT2D eigenvalue weighted by atomic mass is 32.1. The maximum absolute atomic E-state index is 10.8. The van der Waals surface area contributed by atoms with Gasteiger partial charge in [0.2, 0.25) is 0 Å². The van der Waals surface area contributed by atoms with Crippen molar-refractivity contribution in [1.29, 1.82) is 0 Å². The number of hydrogen-bond acceptors (Lipinski definition) is 3. The standard InChI is InChI=1S/C13H14O2S/c1-9-7-10(8-16-9)13(14)5-2-3-12-11(13)4-6-15-12/h4,6-8,14H,2-3,5H2,1H3. The highest BCUT2D eigenvalue weighted by molar-refractivity contribution is 7.10. The molecule has 1 N–H and O–H groups in total. The first-order chi connectivity index (χ1) is 7.70. The Bertz CT molecular complexity index is 511. The monoisotopic (exact) mass is 234 g/mol. The first-order valence-corrected chi connectivity index (χ1v) is 6.43. The summed E-state index contributed by atoms with van der Waals surface area (Å²) in [4.78, 5) is 1.24. The van der Waals surface area contributed by atoms with Crippen molar-refractivity contribution in [2.45, 2.75) is 31.8 Å². The van der Waals surface area contributed by atoms with Crippen molar-refractivity contribution in [2.24, 2.45) is 0 Å². The molecule has 0 aromatic carbocycles. The van der Waals surface area contributed by atoms with E-state index in [1.807, 2.05) is 6.07 Å². The molecule has 16 heavy (non-hydrogen) atoms. The van der Waals surface area contributed by atoms with E-state index in [0.717, 1.165) is 36.1 Å². The second-order valence-electron chi connectivity index (χ2n) is 4.42. The Hall–Kier alpha value is -1.06. The molecule has 0 spiro atoms. The van der Waals surface area contributed by atoms with Crippen molar-refractivity contribution in [2.75, 3.05) is 0 Å². The fourth-order valence-corrected chi connectivity index (χ4v) is 3.27. The quantitative estimate of drug-likeness (QED) is 0.822. The third-order valence-corrected chi connectivity index (χ3v) is 4.20. The molecule has 2 nitrogen and oxygen atoms in total. The smallest absolute Gasteiger partial charge is 0.119 e. The second kappa shape index (κ2) is 3.47. The summed E-state index contributed by atoms with van der Waals surface area (Å²) in [7, 11) is 0. The molecule has 0 saturated heterocycles. The van der Waals surface area contributed by atoms with Crippen LogP contribution >= 0.6 is 11.3 Å². The molecule has 0 aliphatic heterocycles. The maximum Gasteiger partial charge on any atom is 0.119 e. The third-order valence-electron chi connectivity index (χ3n) is 3.34. The molecule has 2 aromatic rings. The molecular formula is C13H14O2S. The van der Waals surface area contributed by atoms with Crippen molar-refractivity contribution in [3.63, 3.8) is 0 Å². The predicted molar refractivity (Wildman–Crippen MR) is 63.7 cm³/mol. The molecule has 1 unspecified atom stereocenters. The largest absolute Gasteiger partial charge is 0.469 e. The Morgan fingerprint density at radius 1 is 1.50 bits per heavy atom. The minimum Gasteiger partial charge on any atom is -0.469 e. The van der Waals surface area contributed by atoms with Gasteiger partial charge >= 0.3 is 0 Å². The van der Waals surface area contributed by atoms with Crippen molar-refractivity contribution in [3.05, 3.63) is 45.5 Å². The van der Waals surface area contributed by atoms with Gasteiger partial charge in [0.05, 0.1) is 6.26 Å². The van der Waals surface area contributed by atoms with Gasteiger partial charge in [0.1, 0.15) is 11.4 Å². The van der Waals surface area contributed by atoms with E-state index in [9.17, 15) is 5.11 Å². The molecule has 0 fully saturated rings. The highest BCUT2D eigenvalue weighted by Gasteiger charge is 2.38. The lowest BCUT2D eigenvalue weighted by Crippen LogP contribution is -2.30. The maximum atomic E-state index is 10.8. The number of hydrogen-bond donors (Lipinski definition) is 1. The van der Waals surface area contributed by atoms with Gasteiger partial charge in [0.25, 0.3) is 0 Å². The molecule has 0 amide bonds. The molecular weight excluding hydrogens is 220 g/mol. The predicted octanol–water partition coefficient (Wildman–Crippen LogP) is 3.22. The summed E-state index contributed by atoms with van der Waals surface area (Å²) in [5.74, 6) is 0.942. The van der Waals surface area contributed by atoms with E-state index in [1.165, 1.54) is 4.88 Å². The van der Waals surface area contributed by atoms with Gasteiger partial charge in [0.15, 0.2) is 0 Å². The van der Waals surface area contributed by atoms with E-state index < -0.39 is 5.60 Å². The van der Waals surface area contributed by atoms with E-state index in [2.05, 4.69) is 18.4 Å². The van der Waals surface area contributed by atoms with E-state index in [0.29, 0.717) is 0 Å². The van der Waals surface area contributed by atoms with Crippen LogP contribution in [0.15, 0.2) is 28.2 Å². The number of aliphatic hydroxyl groups is 1. The second-order valence-corrected chi connectivity index (χ2v) is 5.53. The van der Waals surface area contributed by atoms with Gasteiger partial charge in [-0.15, -0.1) is 11.3 Å². The van der Waals surface area contributed by atoms with E-state index in [1.54, 1.807) is 17.6 Å². The van der Waals surface area contributed by atoms with Gasteiger partial charge in [0, 0.05) is 16.9 Å². The van der Waals surface area contributed by atoms with Crippen molar-refractivity contribution in [1.82, 2.24) is 0 Å². The fraction of sp³-hybridized carbons (Fsp3) is 0.385. The first-order valence-electron chi connectivity index (χ1n) is 5.55. The SMILES string of the molecule is Cc1cc(C2(O)CCCc3occc32)cs1. The van der Waals surface area contributed by atoms with E-state index in [4.69, 9.17) is 4.42 Å². The lowest BCUT2D eigenvalue weighted by molar-refractivity contribution is 0.0593. The molecule has 0 saturated carbocycles. The Balaban J connectivity index is 2.13. The zero-order valence-electron chi connectivity index (χ0n) is 9.19. The minimum absolute atomic E-state index is 0.787. The van der Waals surface area contributed by atoms with Gasteiger partial charge < -0.3 is 9.52 Å². The zero-order chi connectivity index (χ0) is 11.2. The Labute approximate surface area is 98.5 Å². The Morgan fingerprint density at radius 2 is 2.38 bits per heavy atom. The molecule has 0 bridgehead atoms. The fourth-order valence-electron chi connectivity index (χ4n) is 2.50. The van der Waals surface area contributed by atoms with Crippen LogP contribution in [-0.2, 0) is 12.0 Å². The Morgan fingerprint density at radius 3 is 3.12 bits per heavy atom. The molecule has 3 heteroatoms. The summed E-state index contributed by atoms with van der Waals surface area (Å²) in [6, 6.07) is 3.98. The normalized spacial score (nSPS) is 24.4. The van der Waals surface area contributed by atoms with Crippen molar-refractivity contribution in [3.8, 4) is 0 Å². The van der Waals surface area contributed by atoms with E-state index in [-0.39, 0.29) is 0 Å². The van der Waals surface area contributed by atoms with Crippen LogP contribution in [0.3, 0.4) is 0 Å². The molecule has 2 aromatic heterocycles. The summed E-state index contributed by atoms with van der Waals surface area (Å²) in [5.41, 5.74) is 1.14. The first kappa shape index (κ1) is 10.1. The molecule has 1 atom stereocenters. The average molecular weight is 234 g/mol. The number of fused-ring (bicyclic) bond motifs is 1. The van der Waals surface area contributed by atoms with Gasteiger partial charge in [-0.3, -0.25) is 0 Å². The molecule has 0 radical (unpaired) electrons. The van der Waals surface area contributed by atoms with E-state index >= 15 is 0 Å². The van der Waals surface area contributed by atoms with Crippen LogP contribution in [0.1, 0.15) is 34.6 Å². The van der Waals surface area contributed by atoms with Crippen molar-refractivity contribution >= 4 is 11.3 Å². The zero-order valence-corrected chi connectivity index (χ0v) is 10.0. The summed E-state index contributed by atoms with van der Waals surface area (Å²) in [6.45, 7) is 2.07. The highest BCUT2D eigenvalue weighted by Crippen LogP contribution is 2.42. The summed E-state index contributed by atoms with van der Waals surface area (Å²) >= 11 is 1.68. The molecule has 1 aliphatic carbocycles. The Kier molecular flexibility index (Phi) is 2.19. The average Bonchev–Trinajstić information content (AvgIpc) is 2.87. The van der Waals surface area contributed by atoms with Crippen LogP contribution in [-0.4, -0.2) is 5.11 Å². The lowest BCUT2D eigenvalue weighted by atomic mass is 9.79. The summed E-state index contributed by atoms with van der Waals surface area (Å²) in [5, 5.41) is 12.9. The van der Waals surface area contributed by atoms with Crippen LogP contribution < -0.4 is 0 Å². The van der Waals surface area contributed by atoms with Gasteiger partial charge in [-0.2, -0.15) is 0 Å². The lowest BCUT2D eigenvalue weighted by Gasteiger charge is -2.31. The molecule has 84 valence electrons. The van der Waals surface area contributed by atoms with Crippen LogP contribution in [0.25, 0.3) is 0 Å². The number of aryl methyl sites for hydroxylation is 2. The molecule has 2 heterocycles. The number of furan rings is 1. The van der Waals surface area contributed by atoms with Crippen LogP contribution in [0.2, 0.25) is 0 Å².